The third kappa shape index (κ3) is 2.19. The fourth-order valence-electron chi connectivity index (χ4n) is 8.03. The van der Waals surface area contributed by atoms with Gasteiger partial charge >= 0.3 is 0 Å². The molecule has 0 saturated heterocycles. The molecule has 4 rings (SSSR count). The second kappa shape index (κ2) is 5.54. The predicted molar refractivity (Wildman–Crippen MR) is 93.3 cm³/mol. The van der Waals surface area contributed by atoms with E-state index in [1.165, 1.54) is 12.8 Å². The Bertz CT molecular complexity index is 531. The van der Waals surface area contributed by atoms with Gasteiger partial charge in [-0.25, -0.2) is 0 Å². The second-order valence-electron chi connectivity index (χ2n) is 10.0. The zero-order valence-corrected chi connectivity index (χ0v) is 15.5. The molecule has 0 aromatic carbocycles. The van der Waals surface area contributed by atoms with Gasteiger partial charge < -0.3 is 10.2 Å². The Morgan fingerprint density at radius 2 is 1.75 bits per heavy atom. The fraction of sp³-hybridized carbons (Fsp3) is 0.952. The van der Waals surface area contributed by atoms with Crippen molar-refractivity contribution in [2.24, 2.45) is 40.4 Å². The third-order valence-electron chi connectivity index (χ3n) is 9.06. The van der Waals surface area contributed by atoms with Crippen LogP contribution in [0.25, 0.3) is 0 Å². The number of fused-ring (bicyclic) bond motifs is 5. The van der Waals surface area contributed by atoms with Crippen molar-refractivity contribution in [3.05, 3.63) is 0 Å². The molecule has 0 heterocycles. The van der Waals surface area contributed by atoms with Gasteiger partial charge in [0.25, 0.3) is 0 Å². The molecule has 3 nitrogen and oxygen atoms in total. The summed E-state index contributed by atoms with van der Waals surface area (Å²) in [4.78, 5) is 12.2. The normalized spacial score (nSPS) is 57.0. The summed E-state index contributed by atoms with van der Waals surface area (Å²) in [5.74, 6) is 2.58. The molecule has 0 bridgehead atoms. The van der Waals surface area contributed by atoms with E-state index in [2.05, 4.69) is 13.8 Å². The van der Waals surface area contributed by atoms with Crippen LogP contribution in [-0.4, -0.2) is 28.2 Å². The lowest BCUT2D eigenvalue weighted by Gasteiger charge is -2.62. The molecule has 1 unspecified atom stereocenters. The van der Waals surface area contributed by atoms with Gasteiger partial charge in [-0.15, -0.1) is 0 Å². The Hall–Kier alpha value is -0.410. The lowest BCUT2D eigenvalue weighted by molar-refractivity contribution is -0.178. The highest BCUT2D eigenvalue weighted by Gasteiger charge is 2.63. The number of hydrogen-bond acceptors (Lipinski definition) is 3. The summed E-state index contributed by atoms with van der Waals surface area (Å²) in [6.45, 7) is 6.43. The van der Waals surface area contributed by atoms with Crippen molar-refractivity contribution < 1.29 is 15.0 Å². The Balaban J connectivity index is 1.67. The van der Waals surface area contributed by atoms with Gasteiger partial charge in [0, 0.05) is 5.92 Å². The van der Waals surface area contributed by atoms with Crippen molar-refractivity contribution >= 4 is 5.78 Å². The van der Waals surface area contributed by atoms with Gasteiger partial charge in [0.2, 0.25) is 0 Å². The van der Waals surface area contributed by atoms with Gasteiger partial charge in [-0.3, -0.25) is 4.79 Å². The summed E-state index contributed by atoms with van der Waals surface area (Å²) in [6.07, 6.45) is 7.80. The molecular formula is C21H34O3. The van der Waals surface area contributed by atoms with Crippen LogP contribution in [0.1, 0.15) is 72.1 Å². The maximum atomic E-state index is 12.2. The maximum absolute atomic E-state index is 12.2. The number of rotatable bonds is 1. The number of ketones is 1. The molecule has 0 radical (unpaired) electrons. The number of aliphatic hydroxyl groups is 2. The maximum Gasteiger partial charge on any atom is 0.133 e. The molecule has 0 aromatic rings. The molecule has 4 saturated carbocycles. The van der Waals surface area contributed by atoms with Crippen LogP contribution in [0.2, 0.25) is 0 Å². The molecule has 24 heavy (non-hydrogen) atoms. The first-order chi connectivity index (χ1) is 11.3. The first-order valence-corrected chi connectivity index (χ1v) is 10.1. The van der Waals surface area contributed by atoms with Gasteiger partial charge in [-0.2, -0.15) is 0 Å². The lowest BCUT2D eigenvalue weighted by atomic mass is 9.44. The van der Waals surface area contributed by atoms with E-state index < -0.39 is 0 Å². The second-order valence-corrected chi connectivity index (χ2v) is 10.0. The molecule has 4 fully saturated rings. The Labute approximate surface area is 146 Å². The minimum Gasteiger partial charge on any atom is -0.393 e. The molecule has 136 valence electrons. The van der Waals surface area contributed by atoms with Crippen LogP contribution in [0, 0.1) is 40.4 Å². The minimum atomic E-state index is -0.278. The van der Waals surface area contributed by atoms with E-state index in [-0.39, 0.29) is 29.0 Å². The summed E-state index contributed by atoms with van der Waals surface area (Å²) < 4.78 is 0. The van der Waals surface area contributed by atoms with Gasteiger partial charge in [0.15, 0.2) is 0 Å². The summed E-state index contributed by atoms with van der Waals surface area (Å²) in [6, 6.07) is 0. The smallest absolute Gasteiger partial charge is 0.133 e. The zero-order chi connectivity index (χ0) is 17.3. The van der Waals surface area contributed by atoms with E-state index in [0.717, 1.165) is 38.5 Å². The molecular weight excluding hydrogens is 300 g/mol. The Morgan fingerprint density at radius 3 is 2.46 bits per heavy atom. The highest BCUT2D eigenvalue weighted by molar-refractivity contribution is 5.79. The summed E-state index contributed by atoms with van der Waals surface area (Å²) >= 11 is 0. The van der Waals surface area contributed by atoms with Crippen molar-refractivity contribution in [2.75, 3.05) is 0 Å². The van der Waals surface area contributed by atoms with Crippen molar-refractivity contribution in [3.8, 4) is 0 Å². The third-order valence-corrected chi connectivity index (χ3v) is 9.06. The Morgan fingerprint density at radius 1 is 1.00 bits per heavy atom. The lowest BCUT2D eigenvalue weighted by Crippen LogP contribution is -2.59. The number of carbonyl (C=O) groups excluding carboxylic acids is 1. The number of aliphatic hydroxyl groups excluding tert-OH is 2. The monoisotopic (exact) mass is 334 g/mol. The highest BCUT2D eigenvalue weighted by Crippen LogP contribution is 2.67. The molecule has 0 aromatic heterocycles. The average Bonchev–Trinajstić information content (AvgIpc) is 2.84. The highest BCUT2D eigenvalue weighted by atomic mass is 16.3. The SMILES string of the molecule is CC(=O)[C@H]1CC[C@H]2[C@@H]3CCC4C[C@@H](O)CC[C@]4(C)[C@H]3[C@@H](O)C[C@]12C. The zero-order valence-electron chi connectivity index (χ0n) is 15.5. The average molecular weight is 335 g/mol. The van der Waals surface area contributed by atoms with Crippen LogP contribution in [0.3, 0.4) is 0 Å². The standard InChI is InChI=1S/C21H34O3/c1-12(22)16-6-7-17-15-5-4-13-10-14(23)8-9-20(13,2)19(15)18(24)11-21(16,17)3/h13-19,23-24H,4-11H2,1-3H3/t13?,14-,15-,16+,17-,18-,19+,20-,21+/m0/s1. The van der Waals surface area contributed by atoms with E-state index in [0.29, 0.717) is 29.5 Å². The Kier molecular flexibility index (Phi) is 3.93. The summed E-state index contributed by atoms with van der Waals surface area (Å²) in [5, 5.41) is 21.3. The van der Waals surface area contributed by atoms with Crippen LogP contribution in [0.15, 0.2) is 0 Å². The summed E-state index contributed by atoms with van der Waals surface area (Å²) in [5.41, 5.74) is 0.182. The largest absolute Gasteiger partial charge is 0.393 e. The van der Waals surface area contributed by atoms with E-state index in [1.807, 2.05) is 0 Å². The number of hydrogen-bond donors (Lipinski definition) is 2. The first kappa shape index (κ1) is 17.0. The minimum absolute atomic E-state index is 0.00376. The number of Topliss-reactive ketones (excluding diaryl/α,β-unsaturated/α-hetero) is 1. The van der Waals surface area contributed by atoms with E-state index in [1.54, 1.807) is 6.92 Å². The molecule has 9 atom stereocenters. The molecule has 2 N–H and O–H groups in total. The van der Waals surface area contributed by atoms with Crippen LogP contribution < -0.4 is 0 Å². The molecule has 0 spiro atoms. The van der Waals surface area contributed by atoms with Crippen molar-refractivity contribution in [1.29, 1.82) is 0 Å². The fourth-order valence-corrected chi connectivity index (χ4v) is 8.03. The first-order valence-electron chi connectivity index (χ1n) is 10.1. The van der Waals surface area contributed by atoms with Gasteiger partial charge in [-0.05, 0) is 92.8 Å². The molecule has 4 aliphatic rings. The quantitative estimate of drug-likeness (QED) is 0.771. The molecule has 4 aliphatic carbocycles. The van der Waals surface area contributed by atoms with Gasteiger partial charge in [0.05, 0.1) is 12.2 Å². The predicted octanol–water partition coefficient (Wildman–Crippen LogP) is 3.57. The van der Waals surface area contributed by atoms with Crippen LogP contribution in [0.5, 0.6) is 0 Å². The molecule has 0 amide bonds. The number of carbonyl (C=O) groups is 1. The van der Waals surface area contributed by atoms with E-state index in [9.17, 15) is 15.0 Å². The van der Waals surface area contributed by atoms with Crippen molar-refractivity contribution in [3.63, 3.8) is 0 Å². The van der Waals surface area contributed by atoms with Crippen molar-refractivity contribution in [1.82, 2.24) is 0 Å². The topological polar surface area (TPSA) is 57.5 Å². The van der Waals surface area contributed by atoms with Crippen LogP contribution in [-0.2, 0) is 4.79 Å². The van der Waals surface area contributed by atoms with Crippen molar-refractivity contribution in [2.45, 2.75) is 84.3 Å². The van der Waals surface area contributed by atoms with Gasteiger partial charge in [-0.1, -0.05) is 13.8 Å². The van der Waals surface area contributed by atoms with Crippen LogP contribution >= 0.6 is 0 Å². The van der Waals surface area contributed by atoms with E-state index >= 15 is 0 Å². The van der Waals surface area contributed by atoms with Gasteiger partial charge in [0.1, 0.15) is 5.78 Å². The molecule has 3 heteroatoms. The summed E-state index contributed by atoms with van der Waals surface area (Å²) in [7, 11) is 0. The van der Waals surface area contributed by atoms with Crippen LogP contribution in [0.4, 0.5) is 0 Å². The molecule has 0 aliphatic heterocycles. The van der Waals surface area contributed by atoms with E-state index in [4.69, 9.17) is 0 Å².